The van der Waals surface area contributed by atoms with E-state index in [2.05, 4.69) is 17.0 Å². The first-order chi connectivity index (χ1) is 8.66. The van der Waals surface area contributed by atoms with E-state index >= 15 is 0 Å². The maximum Gasteiger partial charge on any atom is 0.0746 e. The second kappa shape index (κ2) is 6.27. The number of hydrogen-bond acceptors (Lipinski definition) is 3. The minimum Gasteiger partial charge on any atom is -0.393 e. The number of aliphatic hydroxyl groups excluding tert-OH is 1. The Bertz CT molecular complexity index is 388. The number of benzene rings is 1. The summed E-state index contributed by atoms with van der Waals surface area (Å²) in [5.41, 5.74) is 6.97. The van der Waals surface area contributed by atoms with Gasteiger partial charge in [-0.15, -0.1) is 0 Å². The summed E-state index contributed by atoms with van der Waals surface area (Å²) in [7, 11) is 0. The molecule has 2 rings (SSSR count). The lowest BCUT2D eigenvalue weighted by molar-refractivity contribution is 0.0619. The van der Waals surface area contributed by atoms with Gasteiger partial charge < -0.3 is 10.8 Å². The second-order valence-corrected chi connectivity index (χ2v) is 5.39. The fourth-order valence-electron chi connectivity index (χ4n) is 2.52. The van der Waals surface area contributed by atoms with Crippen LogP contribution < -0.4 is 5.73 Å². The third-order valence-corrected chi connectivity index (χ3v) is 3.69. The van der Waals surface area contributed by atoms with Gasteiger partial charge in [0.25, 0.3) is 0 Å². The quantitative estimate of drug-likeness (QED) is 0.815. The highest BCUT2D eigenvalue weighted by Crippen LogP contribution is 2.27. The molecule has 1 atom stereocenters. The zero-order valence-electron chi connectivity index (χ0n) is 10.5. The average Bonchev–Trinajstić information content (AvgIpc) is 2.38. The standard InChI is InChI=1S/C14H20N2OS/c15-14(18)10-13(11-4-2-1-3-5-11)16-8-6-12(17)7-9-16/h1-5,12-13,17H,6-10H2,(H2,15,18). The van der Waals surface area contributed by atoms with Gasteiger partial charge in [0.15, 0.2) is 0 Å². The van der Waals surface area contributed by atoms with Crippen molar-refractivity contribution in [2.24, 2.45) is 5.73 Å². The van der Waals surface area contributed by atoms with Gasteiger partial charge in [0, 0.05) is 25.6 Å². The van der Waals surface area contributed by atoms with Crippen LogP contribution >= 0.6 is 12.2 Å². The van der Waals surface area contributed by atoms with Crippen molar-refractivity contribution in [1.82, 2.24) is 4.90 Å². The van der Waals surface area contributed by atoms with Crippen LogP contribution in [0.1, 0.15) is 30.9 Å². The van der Waals surface area contributed by atoms with Crippen molar-refractivity contribution in [2.75, 3.05) is 13.1 Å². The summed E-state index contributed by atoms with van der Waals surface area (Å²) >= 11 is 5.07. The summed E-state index contributed by atoms with van der Waals surface area (Å²) in [6.07, 6.45) is 2.22. The first kappa shape index (κ1) is 13.5. The van der Waals surface area contributed by atoms with E-state index in [9.17, 15) is 5.11 Å². The third kappa shape index (κ3) is 3.51. The van der Waals surface area contributed by atoms with Crippen LogP contribution in [-0.4, -0.2) is 34.2 Å². The summed E-state index contributed by atoms with van der Waals surface area (Å²) in [6.45, 7) is 1.81. The molecule has 0 amide bonds. The molecule has 1 unspecified atom stereocenters. The van der Waals surface area contributed by atoms with Gasteiger partial charge >= 0.3 is 0 Å². The maximum atomic E-state index is 9.58. The molecule has 3 N–H and O–H groups in total. The lowest BCUT2D eigenvalue weighted by atomic mass is 9.98. The maximum absolute atomic E-state index is 9.58. The fourth-order valence-corrected chi connectivity index (χ4v) is 2.68. The van der Waals surface area contributed by atoms with Gasteiger partial charge in [-0.3, -0.25) is 4.90 Å². The SMILES string of the molecule is NC(=S)CC(c1ccccc1)N1CCC(O)CC1. The molecule has 0 saturated carbocycles. The largest absolute Gasteiger partial charge is 0.393 e. The molecule has 0 aromatic heterocycles. The Balaban J connectivity index is 2.12. The van der Waals surface area contributed by atoms with Gasteiger partial charge in [-0.2, -0.15) is 0 Å². The van der Waals surface area contributed by atoms with E-state index in [1.54, 1.807) is 0 Å². The number of thiocarbonyl (C=S) groups is 1. The van der Waals surface area contributed by atoms with Crippen LogP contribution in [0.25, 0.3) is 0 Å². The zero-order valence-corrected chi connectivity index (χ0v) is 11.3. The summed E-state index contributed by atoms with van der Waals surface area (Å²) < 4.78 is 0. The Kier molecular flexibility index (Phi) is 4.69. The Hall–Kier alpha value is -0.970. The number of nitrogens with zero attached hydrogens (tertiary/aromatic N) is 1. The van der Waals surface area contributed by atoms with Crippen LogP contribution in [0.15, 0.2) is 30.3 Å². The van der Waals surface area contributed by atoms with Gasteiger partial charge in [-0.1, -0.05) is 42.5 Å². The Morgan fingerprint density at radius 3 is 2.50 bits per heavy atom. The molecule has 0 radical (unpaired) electrons. The highest BCUT2D eigenvalue weighted by molar-refractivity contribution is 7.80. The Labute approximate surface area is 114 Å². The van der Waals surface area contributed by atoms with E-state index in [-0.39, 0.29) is 12.1 Å². The summed E-state index contributed by atoms with van der Waals surface area (Å²) in [5.74, 6) is 0. The molecule has 0 aliphatic carbocycles. The summed E-state index contributed by atoms with van der Waals surface area (Å²) in [6, 6.07) is 10.6. The van der Waals surface area contributed by atoms with E-state index in [0.29, 0.717) is 11.4 Å². The monoisotopic (exact) mass is 264 g/mol. The minimum atomic E-state index is -0.150. The summed E-state index contributed by atoms with van der Waals surface area (Å²) in [5, 5.41) is 9.58. The van der Waals surface area contributed by atoms with Crippen molar-refractivity contribution in [2.45, 2.75) is 31.4 Å². The Morgan fingerprint density at radius 1 is 1.33 bits per heavy atom. The van der Waals surface area contributed by atoms with E-state index in [1.807, 2.05) is 18.2 Å². The van der Waals surface area contributed by atoms with E-state index in [1.165, 1.54) is 5.56 Å². The second-order valence-electron chi connectivity index (χ2n) is 4.86. The molecule has 18 heavy (non-hydrogen) atoms. The van der Waals surface area contributed by atoms with Gasteiger partial charge in [0.1, 0.15) is 0 Å². The molecule has 1 aromatic carbocycles. The van der Waals surface area contributed by atoms with E-state index in [4.69, 9.17) is 18.0 Å². The molecule has 0 bridgehead atoms. The number of aliphatic hydroxyl groups is 1. The van der Waals surface area contributed by atoms with Gasteiger partial charge in [-0.25, -0.2) is 0 Å². The number of nitrogens with two attached hydrogens (primary N) is 1. The molecule has 98 valence electrons. The molecule has 1 heterocycles. The van der Waals surface area contributed by atoms with Crippen molar-refractivity contribution in [1.29, 1.82) is 0 Å². The fraction of sp³-hybridized carbons (Fsp3) is 0.500. The number of hydrogen-bond donors (Lipinski definition) is 2. The topological polar surface area (TPSA) is 49.5 Å². The molecule has 4 heteroatoms. The van der Waals surface area contributed by atoms with E-state index < -0.39 is 0 Å². The van der Waals surface area contributed by atoms with Gasteiger partial charge in [0.05, 0.1) is 11.1 Å². The predicted molar refractivity (Wildman–Crippen MR) is 77.4 cm³/mol. The number of likely N-dealkylation sites (tertiary alicyclic amines) is 1. The van der Waals surface area contributed by atoms with Crippen molar-refractivity contribution in [3.63, 3.8) is 0 Å². The van der Waals surface area contributed by atoms with Crippen molar-refractivity contribution < 1.29 is 5.11 Å². The zero-order chi connectivity index (χ0) is 13.0. The lowest BCUT2D eigenvalue weighted by Gasteiger charge is -2.36. The van der Waals surface area contributed by atoms with Gasteiger partial charge in [-0.05, 0) is 18.4 Å². The van der Waals surface area contributed by atoms with Crippen LogP contribution in [0.4, 0.5) is 0 Å². The van der Waals surface area contributed by atoms with Crippen LogP contribution in [0.5, 0.6) is 0 Å². The molecule has 1 aromatic rings. The number of rotatable bonds is 4. The van der Waals surface area contributed by atoms with Crippen molar-refractivity contribution in [3.8, 4) is 0 Å². The first-order valence-corrected chi connectivity index (χ1v) is 6.83. The molecule has 0 spiro atoms. The molecular weight excluding hydrogens is 244 g/mol. The third-order valence-electron chi connectivity index (χ3n) is 3.52. The molecule has 3 nitrogen and oxygen atoms in total. The van der Waals surface area contributed by atoms with Crippen molar-refractivity contribution >= 4 is 17.2 Å². The highest BCUT2D eigenvalue weighted by Gasteiger charge is 2.25. The first-order valence-electron chi connectivity index (χ1n) is 6.42. The van der Waals surface area contributed by atoms with E-state index in [0.717, 1.165) is 25.9 Å². The summed E-state index contributed by atoms with van der Waals surface area (Å²) in [4.78, 5) is 2.93. The average molecular weight is 264 g/mol. The lowest BCUT2D eigenvalue weighted by Crippen LogP contribution is -2.39. The molecule has 1 aliphatic rings. The molecule has 1 saturated heterocycles. The molecule has 1 fully saturated rings. The van der Waals surface area contributed by atoms with Crippen LogP contribution in [-0.2, 0) is 0 Å². The minimum absolute atomic E-state index is 0.150. The van der Waals surface area contributed by atoms with Gasteiger partial charge in [0.2, 0.25) is 0 Å². The molecular formula is C14H20N2OS. The van der Waals surface area contributed by atoms with Crippen LogP contribution in [0.3, 0.4) is 0 Å². The van der Waals surface area contributed by atoms with Crippen molar-refractivity contribution in [3.05, 3.63) is 35.9 Å². The van der Waals surface area contributed by atoms with Crippen LogP contribution in [0, 0.1) is 0 Å². The smallest absolute Gasteiger partial charge is 0.0746 e. The Morgan fingerprint density at radius 2 is 1.94 bits per heavy atom. The molecule has 1 aliphatic heterocycles. The highest BCUT2D eigenvalue weighted by atomic mass is 32.1. The normalized spacial score (nSPS) is 19.6. The number of piperidine rings is 1. The predicted octanol–water partition coefficient (Wildman–Crippen LogP) is 1.86. The van der Waals surface area contributed by atoms with Crippen LogP contribution in [0.2, 0.25) is 0 Å².